The number of carbonyl (C=O) groups excluding carboxylic acids is 1. The highest BCUT2D eigenvalue weighted by atomic mass is 19.1. The molecule has 5 heteroatoms. The average Bonchev–Trinajstić information content (AvgIpc) is 2.74. The molecule has 1 saturated heterocycles. The summed E-state index contributed by atoms with van der Waals surface area (Å²) in [4.78, 5) is 16.7. The molecule has 1 aromatic heterocycles. The van der Waals surface area contributed by atoms with Gasteiger partial charge in [0, 0.05) is 25.0 Å². The van der Waals surface area contributed by atoms with Crippen molar-refractivity contribution in [1.29, 1.82) is 0 Å². The van der Waals surface area contributed by atoms with Gasteiger partial charge in [-0.15, -0.1) is 0 Å². The van der Waals surface area contributed by atoms with Crippen LogP contribution in [0.4, 0.5) is 4.39 Å². The molecule has 1 atom stereocenters. The van der Waals surface area contributed by atoms with Crippen molar-refractivity contribution in [3.8, 4) is 0 Å². The van der Waals surface area contributed by atoms with Gasteiger partial charge >= 0.3 is 0 Å². The van der Waals surface area contributed by atoms with Gasteiger partial charge in [0.1, 0.15) is 12.8 Å². The number of carbonyl (C=O) groups is 1. The molecule has 1 aromatic rings. The summed E-state index contributed by atoms with van der Waals surface area (Å²) in [7, 11) is 0. The minimum Gasteiger partial charge on any atom is -0.372 e. The number of H-pyrrole nitrogens is 1. The number of halogens is 1. The number of nitrogens with zero attached hydrogens (tertiary/aromatic N) is 1. The average molecular weight is 226 g/mol. The number of aromatic amines is 1. The lowest BCUT2D eigenvalue weighted by atomic mass is 10.2. The lowest BCUT2D eigenvalue weighted by molar-refractivity contribution is -0.0310. The fourth-order valence-electron chi connectivity index (χ4n) is 1.85. The number of alkyl halides is 1. The number of aryl methyl sites for hydroxylation is 1. The molecule has 1 aliphatic heterocycles. The largest absolute Gasteiger partial charge is 0.372 e. The van der Waals surface area contributed by atoms with Crippen LogP contribution in [-0.2, 0) is 4.74 Å². The maximum atomic E-state index is 12.5. The molecule has 1 amide bonds. The van der Waals surface area contributed by atoms with Crippen LogP contribution in [0.15, 0.2) is 12.3 Å². The highest BCUT2D eigenvalue weighted by Gasteiger charge is 2.25. The van der Waals surface area contributed by atoms with E-state index in [1.165, 1.54) is 0 Å². The first-order chi connectivity index (χ1) is 7.72. The van der Waals surface area contributed by atoms with Gasteiger partial charge in [-0.25, -0.2) is 4.39 Å². The van der Waals surface area contributed by atoms with Crippen molar-refractivity contribution in [2.75, 3.05) is 26.4 Å². The molecule has 0 unspecified atom stereocenters. The second kappa shape index (κ2) is 4.65. The smallest absolute Gasteiger partial charge is 0.255 e. The van der Waals surface area contributed by atoms with Crippen LogP contribution < -0.4 is 0 Å². The summed E-state index contributed by atoms with van der Waals surface area (Å²) in [5.74, 6) is -0.0551. The number of amides is 1. The first kappa shape index (κ1) is 11.1. The van der Waals surface area contributed by atoms with Gasteiger partial charge in [-0.2, -0.15) is 0 Å². The molecule has 0 spiro atoms. The van der Waals surface area contributed by atoms with Crippen LogP contribution in [0.3, 0.4) is 0 Å². The van der Waals surface area contributed by atoms with Gasteiger partial charge in [-0.05, 0) is 13.0 Å². The van der Waals surface area contributed by atoms with E-state index < -0.39 is 12.8 Å². The van der Waals surface area contributed by atoms with Crippen molar-refractivity contribution in [2.24, 2.45) is 0 Å². The summed E-state index contributed by atoms with van der Waals surface area (Å²) in [6, 6.07) is 1.75. The van der Waals surface area contributed by atoms with Crippen LogP contribution >= 0.6 is 0 Å². The predicted molar refractivity (Wildman–Crippen MR) is 57.1 cm³/mol. The molecular weight excluding hydrogens is 211 g/mol. The van der Waals surface area contributed by atoms with E-state index in [1.54, 1.807) is 17.2 Å². The third kappa shape index (κ3) is 2.09. The highest BCUT2D eigenvalue weighted by Crippen LogP contribution is 2.13. The van der Waals surface area contributed by atoms with E-state index in [0.29, 0.717) is 25.3 Å². The number of rotatable bonds is 2. The van der Waals surface area contributed by atoms with Crippen molar-refractivity contribution in [1.82, 2.24) is 9.88 Å². The summed E-state index contributed by atoms with van der Waals surface area (Å²) in [5, 5.41) is 0. The third-order valence-corrected chi connectivity index (χ3v) is 2.78. The zero-order valence-corrected chi connectivity index (χ0v) is 9.20. The number of aromatic nitrogens is 1. The van der Waals surface area contributed by atoms with Crippen molar-refractivity contribution >= 4 is 5.91 Å². The topological polar surface area (TPSA) is 45.3 Å². The van der Waals surface area contributed by atoms with E-state index in [0.717, 1.165) is 5.69 Å². The minimum absolute atomic E-state index is 0.0551. The van der Waals surface area contributed by atoms with E-state index in [1.807, 2.05) is 6.92 Å². The van der Waals surface area contributed by atoms with Crippen molar-refractivity contribution in [3.63, 3.8) is 0 Å². The first-order valence-electron chi connectivity index (χ1n) is 5.33. The lowest BCUT2D eigenvalue weighted by Crippen LogP contribution is -2.46. The van der Waals surface area contributed by atoms with Gasteiger partial charge in [-0.1, -0.05) is 0 Å². The quantitative estimate of drug-likeness (QED) is 0.821. The molecule has 4 nitrogen and oxygen atoms in total. The SMILES string of the molecule is Cc1[nH]ccc1C(=O)N1CCO[C@@H](CF)C1. The molecule has 0 radical (unpaired) electrons. The van der Waals surface area contributed by atoms with Crippen molar-refractivity contribution in [3.05, 3.63) is 23.5 Å². The molecule has 16 heavy (non-hydrogen) atoms. The predicted octanol–water partition coefficient (Wildman–Crippen LogP) is 1.13. The fraction of sp³-hybridized carbons (Fsp3) is 0.545. The highest BCUT2D eigenvalue weighted by molar-refractivity contribution is 5.95. The van der Waals surface area contributed by atoms with E-state index in [-0.39, 0.29) is 5.91 Å². The monoisotopic (exact) mass is 226 g/mol. The molecule has 0 saturated carbocycles. The van der Waals surface area contributed by atoms with Crippen LogP contribution in [0.25, 0.3) is 0 Å². The van der Waals surface area contributed by atoms with Gasteiger partial charge in [0.2, 0.25) is 0 Å². The molecule has 0 aliphatic carbocycles. The molecule has 88 valence electrons. The van der Waals surface area contributed by atoms with Crippen molar-refractivity contribution < 1.29 is 13.9 Å². The Morgan fingerprint density at radius 1 is 1.75 bits per heavy atom. The standard InChI is InChI=1S/C11H15FN2O2/c1-8-10(2-3-13-8)11(15)14-4-5-16-9(6-12)7-14/h2-3,9,13H,4-7H2,1H3/t9-/m0/s1. The van der Waals surface area contributed by atoms with Gasteiger partial charge in [0.15, 0.2) is 0 Å². The Hall–Kier alpha value is -1.36. The Morgan fingerprint density at radius 3 is 3.19 bits per heavy atom. The number of nitrogens with one attached hydrogen (secondary N) is 1. The van der Waals surface area contributed by atoms with Crippen LogP contribution in [0.2, 0.25) is 0 Å². The molecule has 2 rings (SSSR count). The Balaban J connectivity index is 2.07. The van der Waals surface area contributed by atoms with Crippen molar-refractivity contribution in [2.45, 2.75) is 13.0 Å². The second-order valence-corrected chi connectivity index (χ2v) is 3.91. The van der Waals surface area contributed by atoms with Crippen LogP contribution in [-0.4, -0.2) is 48.3 Å². The Labute approximate surface area is 93.4 Å². The minimum atomic E-state index is -0.546. The number of hydrogen-bond donors (Lipinski definition) is 1. The van der Waals surface area contributed by atoms with E-state index in [9.17, 15) is 9.18 Å². The summed E-state index contributed by atoms with van der Waals surface area (Å²) in [6.45, 7) is 2.57. The molecule has 0 aromatic carbocycles. The van der Waals surface area contributed by atoms with E-state index >= 15 is 0 Å². The van der Waals surface area contributed by atoms with Gasteiger partial charge in [0.05, 0.1) is 12.2 Å². The summed E-state index contributed by atoms with van der Waals surface area (Å²) in [6.07, 6.45) is 1.26. The van der Waals surface area contributed by atoms with Gasteiger partial charge < -0.3 is 14.6 Å². The number of ether oxygens (including phenoxy) is 1. The molecule has 1 aliphatic rings. The maximum absolute atomic E-state index is 12.5. The van der Waals surface area contributed by atoms with Gasteiger partial charge in [0.25, 0.3) is 5.91 Å². The Bertz CT molecular complexity index is 378. The van der Waals surface area contributed by atoms with Crippen LogP contribution in [0.5, 0.6) is 0 Å². The molecule has 2 heterocycles. The van der Waals surface area contributed by atoms with E-state index in [4.69, 9.17) is 4.74 Å². The second-order valence-electron chi connectivity index (χ2n) is 3.91. The number of morpholine rings is 1. The van der Waals surface area contributed by atoms with Gasteiger partial charge in [-0.3, -0.25) is 4.79 Å². The lowest BCUT2D eigenvalue weighted by Gasteiger charge is -2.31. The third-order valence-electron chi connectivity index (χ3n) is 2.78. The van der Waals surface area contributed by atoms with Crippen LogP contribution in [0.1, 0.15) is 16.1 Å². The maximum Gasteiger partial charge on any atom is 0.255 e. The Morgan fingerprint density at radius 2 is 2.56 bits per heavy atom. The summed E-state index contributed by atoms with van der Waals surface area (Å²) in [5.41, 5.74) is 1.49. The van der Waals surface area contributed by atoms with Crippen LogP contribution in [0, 0.1) is 6.92 Å². The Kier molecular flexibility index (Phi) is 3.24. The first-order valence-corrected chi connectivity index (χ1v) is 5.33. The molecule has 1 N–H and O–H groups in total. The zero-order chi connectivity index (χ0) is 11.5. The summed E-state index contributed by atoms with van der Waals surface area (Å²) < 4.78 is 17.6. The normalized spacial score (nSPS) is 21.1. The summed E-state index contributed by atoms with van der Waals surface area (Å²) >= 11 is 0. The van der Waals surface area contributed by atoms with E-state index in [2.05, 4.69) is 4.98 Å². The fourth-order valence-corrected chi connectivity index (χ4v) is 1.85. The zero-order valence-electron chi connectivity index (χ0n) is 9.20. The number of hydrogen-bond acceptors (Lipinski definition) is 2. The molecule has 0 bridgehead atoms. The molecule has 1 fully saturated rings. The molecular formula is C11H15FN2O2.